The first kappa shape index (κ1) is 23.8. The minimum Gasteiger partial charge on any atom is -0.336 e. The van der Waals surface area contributed by atoms with Gasteiger partial charge in [-0.25, -0.2) is 12.8 Å². The number of fused-ring (bicyclic) bond motifs is 1. The summed E-state index contributed by atoms with van der Waals surface area (Å²) < 4.78 is 40.3. The third-order valence-electron chi connectivity index (χ3n) is 6.01. The number of hydrogen-bond acceptors (Lipinski definition) is 4. The molecule has 9 heteroatoms. The van der Waals surface area contributed by atoms with Crippen molar-refractivity contribution in [1.29, 1.82) is 0 Å². The molecule has 3 aromatic rings. The largest absolute Gasteiger partial charge is 0.336 e. The Balaban J connectivity index is 1.40. The van der Waals surface area contributed by atoms with Crippen LogP contribution in [0.1, 0.15) is 12.8 Å². The third-order valence-corrected chi connectivity index (χ3v) is 7.88. The summed E-state index contributed by atoms with van der Waals surface area (Å²) in [5, 5.41) is 4.76. The Morgan fingerprint density at radius 3 is 2.53 bits per heavy atom. The highest BCUT2D eigenvalue weighted by molar-refractivity contribution is 7.89. The van der Waals surface area contributed by atoms with Crippen LogP contribution in [0.5, 0.6) is 0 Å². The van der Waals surface area contributed by atoms with E-state index in [1.54, 1.807) is 13.1 Å². The zero-order valence-electron chi connectivity index (χ0n) is 18.8. The minimum absolute atomic E-state index is 0.00943. The maximum atomic E-state index is 13.2. The van der Waals surface area contributed by atoms with Crippen LogP contribution in [0.3, 0.4) is 0 Å². The molecule has 4 rings (SSSR count). The summed E-state index contributed by atoms with van der Waals surface area (Å²) in [7, 11) is -2.30. The Hall–Kier alpha value is -3.30. The second kappa shape index (κ2) is 9.90. The number of nitrogens with zero attached hydrogens (tertiary/aromatic N) is 2. The van der Waals surface area contributed by atoms with E-state index >= 15 is 0 Å². The average molecular weight is 484 g/mol. The zero-order chi connectivity index (χ0) is 24.3. The number of likely N-dealkylation sites (N-methyl/N-ethyl adjacent to an activating group) is 1. The molecule has 3 aromatic carbocycles. The van der Waals surface area contributed by atoms with Crippen molar-refractivity contribution in [2.45, 2.75) is 17.7 Å². The topological polar surface area (TPSA) is 86.8 Å². The Bertz CT molecular complexity index is 1310. The number of nitrogens with one attached hydrogen (secondary N) is 1. The monoisotopic (exact) mass is 483 g/mol. The van der Waals surface area contributed by atoms with Crippen molar-refractivity contribution >= 4 is 38.3 Å². The van der Waals surface area contributed by atoms with Gasteiger partial charge in [-0.2, -0.15) is 4.31 Å². The Kier molecular flexibility index (Phi) is 6.95. The first-order valence-electron chi connectivity index (χ1n) is 11.0. The van der Waals surface area contributed by atoms with E-state index in [1.807, 2.05) is 36.4 Å². The van der Waals surface area contributed by atoms with Crippen LogP contribution >= 0.6 is 0 Å². The fourth-order valence-corrected chi connectivity index (χ4v) is 5.77. The van der Waals surface area contributed by atoms with E-state index < -0.39 is 21.8 Å². The minimum atomic E-state index is -3.84. The molecule has 1 aliphatic heterocycles. The van der Waals surface area contributed by atoms with Gasteiger partial charge in [0, 0.05) is 31.2 Å². The van der Waals surface area contributed by atoms with Crippen LogP contribution in [0.4, 0.5) is 10.1 Å². The molecule has 178 valence electrons. The lowest BCUT2D eigenvalue weighted by Crippen LogP contribution is -2.47. The molecule has 1 unspecified atom stereocenters. The van der Waals surface area contributed by atoms with Crippen molar-refractivity contribution in [2.75, 3.05) is 32.0 Å². The summed E-state index contributed by atoms with van der Waals surface area (Å²) in [5.74, 6) is -1.70. The van der Waals surface area contributed by atoms with Crippen LogP contribution in [-0.4, -0.2) is 56.1 Å². The number of anilines is 1. The molecule has 1 heterocycles. The molecule has 0 spiro atoms. The Morgan fingerprint density at radius 2 is 1.76 bits per heavy atom. The van der Waals surface area contributed by atoms with Gasteiger partial charge in [0.1, 0.15) is 5.82 Å². The van der Waals surface area contributed by atoms with Crippen LogP contribution in [-0.2, 0) is 19.6 Å². The van der Waals surface area contributed by atoms with Gasteiger partial charge in [-0.15, -0.1) is 0 Å². The fraction of sp³-hybridized carbons (Fsp3) is 0.280. The maximum Gasteiger partial charge on any atom is 0.244 e. The number of carbonyl (C=O) groups excluding carboxylic acids is 2. The van der Waals surface area contributed by atoms with Gasteiger partial charge < -0.3 is 10.2 Å². The highest BCUT2D eigenvalue weighted by Crippen LogP contribution is 2.26. The predicted octanol–water partition coefficient (Wildman–Crippen LogP) is 3.48. The first-order valence-corrected chi connectivity index (χ1v) is 12.5. The summed E-state index contributed by atoms with van der Waals surface area (Å²) in [6.07, 6.45) is 1.05. The number of hydrogen-bond donors (Lipinski definition) is 1. The number of carbonyl (C=O) groups is 2. The third kappa shape index (κ3) is 5.10. The maximum absolute atomic E-state index is 13.2. The van der Waals surface area contributed by atoms with Crippen molar-refractivity contribution in [3.8, 4) is 0 Å². The SMILES string of the molecule is CN(CC(=O)Nc1cccc2ccccc12)C(=O)C1CCCN(S(=O)(=O)c2ccc(F)cc2)C1. The van der Waals surface area contributed by atoms with E-state index in [4.69, 9.17) is 0 Å². The molecule has 0 saturated carbocycles. The molecule has 0 radical (unpaired) electrons. The van der Waals surface area contributed by atoms with E-state index in [2.05, 4.69) is 5.32 Å². The lowest BCUT2D eigenvalue weighted by atomic mass is 9.98. The summed E-state index contributed by atoms with van der Waals surface area (Å²) in [6, 6.07) is 17.9. The van der Waals surface area contributed by atoms with Crippen LogP contribution in [0.15, 0.2) is 71.6 Å². The molecule has 1 atom stereocenters. The molecular weight excluding hydrogens is 457 g/mol. The highest BCUT2D eigenvalue weighted by atomic mass is 32.2. The average Bonchev–Trinajstić information content (AvgIpc) is 2.84. The number of sulfonamides is 1. The molecule has 1 aliphatic rings. The van der Waals surface area contributed by atoms with Crippen LogP contribution < -0.4 is 5.32 Å². The van der Waals surface area contributed by atoms with E-state index in [0.29, 0.717) is 18.5 Å². The van der Waals surface area contributed by atoms with Crippen molar-refractivity contribution in [1.82, 2.24) is 9.21 Å². The van der Waals surface area contributed by atoms with Gasteiger partial charge in [-0.1, -0.05) is 36.4 Å². The van der Waals surface area contributed by atoms with Gasteiger partial charge in [0.05, 0.1) is 17.4 Å². The summed E-state index contributed by atoms with van der Waals surface area (Å²) in [4.78, 5) is 27.0. The second-order valence-corrected chi connectivity index (χ2v) is 10.4. The van der Waals surface area contributed by atoms with Crippen molar-refractivity contribution < 1.29 is 22.4 Å². The lowest BCUT2D eigenvalue weighted by Gasteiger charge is -2.33. The summed E-state index contributed by atoms with van der Waals surface area (Å²) in [6.45, 7) is 0.159. The molecule has 1 saturated heterocycles. The molecule has 0 aliphatic carbocycles. The molecule has 1 N–H and O–H groups in total. The van der Waals surface area contributed by atoms with Crippen molar-refractivity contribution in [3.63, 3.8) is 0 Å². The molecule has 1 fully saturated rings. The van der Waals surface area contributed by atoms with Gasteiger partial charge in [-0.3, -0.25) is 9.59 Å². The van der Waals surface area contributed by atoms with E-state index in [0.717, 1.165) is 22.9 Å². The first-order chi connectivity index (χ1) is 16.3. The highest BCUT2D eigenvalue weighted by Gasteiger charge is 2.34. The van der Waals surface area contributed by atoms with Crippen molar-refractivity contribution in [3.05, 3.63) is 72.5 Å². The molecule has 7 nitrogen and oxygen atoms in total. The van der Waals surface area contributed by atoms with Gasteiger partial charge in [0.25, 0.3) is 0 Å². The van der Waals surface area contributed by atoms with Crippen LogP contribution in [0, 0.1) is 11.7 Å². The smallest absolute Gasteiger partial charge is 0.244 e. The van der Waals surface area contributed by atoms with Gasteiger partial charge in [-0.05, 0) is 48.6 Å². The Labute approximate surface area is 198 Å². The number of halogens is 1. The second-order valence-electron chi connectivity index (χ2n) is 8.43. The molecule has 0 bridgehead atoms. The van der Waals surface area contributed by atoms with E-state index in [1.165, 1.54) is 21.3 Å². The fourth-order valence-electron chi connectivity index (χ4n) is 4.25. The van der Waals surface area contributed by atoms with Gasteiger partial charge in [0.15, 0.2) is 0 Å². The Morgan fingerprint density at radius 1 is 1.06 bits per heavy atom. The van der Waals surface area contributed by atoms with Crippen LogP contribution in [0.25, 0.3) is 10.8 Å². The number of rotatable bonds is 6. The van der Waals surface area contributed by atoms with E-state index in [9.17, 15) is 22.4 Å². The summed E-state index contributed by atoms with van der Waals surface area (Å²) >= 11 is 0. The number of benzene rings is 3. The molecule has 0 aromatic heterocycles. The van der Waals surface area contributed by atoms with Crippen LogP contribution in [0.2, 0.25) is 0 Å². The number of amides is 2. The van der Waals surface area contributed by atoms with Gasteiger partial charge in [0.2, 0.25) is 21.8 Å². The lowest BCUT2D eigenvalue weighted by molar-refractivity contribution is -0.138. The van der Waals surface area contributed by atoms with Gasteiger partial charge >= 0.3 is 0 Å². The molecular formula is C25H26FN3O4S. The molecule has 2 amide bonds. The zero-order valence-corrected chi connectivity index (χ0v) is 19.6. The normalized spacial score (nSPS) is 16.8. The van der Waals surface area contributed by atoms with Crippen molar-refractivity contribution in [2.24, 2.45) is 5.92 Å². The quantitative estimate of drug-likeness (QED) is 0.582. The standard InChI is InChI=1S/C25H26FN3O4S/c1-28(17-24(30)27-23-10-4-7-18-6-2-3-9-22(18)23)25(31)19-8-5-15-29(16-19)34(32,33)21-13-11-20(26)12-14-21/h2-4,6-7,9-14,19H,5,8,15-17H2,1H3,(H,27,30). The molecule has 34 heavy (non-hydrogen) atoms. The number of piperidine rings is 1. The summed E-state index contributed by atoms with van der Waals surface area (Å²) in [5.41, 5.74) is 0.665. The predicted molar refractivity (Wildman–Crippen MR) is 128 cm³/mol. The van der Waals surface area contributed by atoms with E-state index in [-0.39, 0.29) is 36.3 Å².